The van der Waals surface area contributed by atoms with Crippen LogP contribution in [0, 0.1) is 11.3 Å². The van der Waals surface area contributed by atoms with E-state index < -0.39 is 11.7 Å². The van der Waals surface area contributed by atoms with Crippen molar-refractivity contribution in [3.8, 4) is 0 Å². The molecule has 1 aromatic rings. The molecule has 1 aromatic carbocycles. The maximum absolute atomic E-state index is 13.3. The van der Waals surface area contributed by atoms with Gasteiger partial charge in [-0.25, -0.2) is 0 Å². The van der Waals surface area contributed by atoms with E-state index >= 15 is 0 Å². The second-order valence-electron chi connectivity index (χ2n) is 6.92. The summed E-state index contributed by atoms with van der Waals surface area (Å²) >= 11 is 0. The zero-order valence-electron chi connectivity index (χ0n) is 13.4. The lowest BCUT2D eigenvalue weighted by molar-refractivity contribution is -0.137. The summed E-state index contributed by atoms with van der Waals surface area (Å²) in [5.74, 6) is 0.540. The van der Waals surface area contributed by atoms with Gasteiger partial charge in [-0.3, -0.25) is 0 Å². The van der Waals surface area contributed by atoms with Gasteiger partial charge in [0, 0.05) is 17.7 Å². The van der Waals surface area contributed by atoms with Crippen molar-refractivity contribution in [2.24, 2.45) is 11.3 Å². The molecule has 1 heterocycles. The Morgan fingerprint density at radius 3 is 2.83 bits per heavy atom. The fraction of sp³-hybridized carbons (Fsp3) is 0.400. The molecule has 2 aliphatic carbocycles. The van der Waals surface area contributed by atoms with Crippen LogP contribution in [0.15, 0.2) is 54.3 Å². The highest BCUT2D eigenvalue weighted by molar-refractivity contribution is 5.79. The topological polar surface area (TPSA) is 12.0 Å². The van der Waals surface area contributed by atoms with Gasteiger partial charge in [0.05, 0.1) is 5.56 Å². The minimum absolute atomic E-state index is 0.0345. The second-order valence-corrected chi connectivity index (χ2v) is 6.92. The lowest BCUT2D eigenvalue weighted by Crippen LogP contribution is -2.27. The number of allylic oxidation sites excluding steroid dienone is 5. The van der Waals surface area contributed by atoms with E-state index in [1.54, 1.807) is 12.1 Å². The molecular weight excluding hydrogens is 311 g/mol. The third kappa shape index (κ3) is 2.40. The van der Waals surface area contributed by atoms with E-state index in [9.17, 15) is 13.2 Å². The molecule has 0 amide bonds. The zero-order valence-corrected chi connectivity index (χ0v) is 13.4. The molecule has 3 aliphatic rings. The van der Waals surface area contributed by atoms with E-state index in [4.69, 9.17) is 0 Å². The van der Waals surface area contributed by atoms with Crippen LogP contribution in [0.5, 0.6) is 0 Å². The van der Waals surface area contributed by atoms with Gasteiger partial charge in [-0.2, -0.15) is 13.2 Å². The number of alkyl halides is 3. The van der Waals surface area contributed by atoms with Gasteiger partial charge in [-0.1, -0.05) is 36.4 Å². The summed E-state index contributed by atoms with van der Waals surface area (Å²) in [7, 11) is 0. The van der Waals surface area contributed by atoms with Gasteiger partial charge in [0.25, 0.3) is 0 Å². The Morgan fingerprint density at radius 2 is 2.00 bits per heavy atom. The predicted octanol–water partition coefficient (Wildman–Crippen LogP) is 5.32. The highest BCUT2D eigenvalue weighted by Gasteiger charge is 2.46. The number of nitrogens with one attached hydrogen (secondary N) is 1. The monoisotopic (exact) mass is 331 g/mol. The van der Waals surface area contributed by atoms with E-state index in [0.29, 0.717) is 11.5 Å². The zero-order chi connectivity index (χ0) is 16.8. The first-order valence-electron chi connectivity index (χ1n) is 8.51. The van der Waals surface area contributed by atoms with Crippen molar-refractivity contribution in [2.75, 3.05) is 6.54 Å². The van der Waals surface area contributed by atoms with Crippen LogP contribution < -0.4 is 5.32 Å². The molecule has 0 aromatic heterocycles. The van der Waals surface area contributed by atoms with Crippen LogP contribution in [-0.2, 0) is 6.18 Å². The molecule has 2 atom stereocenters. The summed E-state index contributed by atoms with van der Waals surface area (Å²) in [4.78, 5) is 0. The highest BCUT2D eigenvalue weighted by atomic mass is 19.4. The molecule has 1 aliphatic heterocycles. The highest BCUT2D eigenvalue weighted by Crippen LogP contribution is 2.51. The molecule has 0 radical (unpaired) electrons. The summed E-state index contributed by atoms with van der Waals surface area (Å²) in [5.41, 5.74) is 1.44. The summed E-state index contributed by atoms with van der Waals surface area (Å²) in [5, 5.41) is 3.46. The summed E-state index contributed by atoms with van der Waals surface area (Å²) in [6, 6.07) is 5.85. The Hall–Kier alpha value is -1.97. The fourth-order valence-corrected chi connectivity index (χ4v) is 4.35. The molecule has 1 fully saturated rings. The van der Waals surface area contributed by atoms with Gasteiger partial charge in [0.2, 0.25) is 0 Å². The number of halogens is 3. The molecular formula is C20H20F3N. The van der Waals surface area contributed by atoms with Crippen LogP contribution >= 0.6 is 0 Å². The van der Waals surface area contributed by atoms with Crippen LogP contribution in [0.3, 0.4) is 0 Å². The smallest absolute Gasteiger partial charge is 0.387 e. The van der Waals surface area contributed by atoms with Crippen LogP contribution in [0.1, 0.15) is 36.8 Å². The SMILES string of the molecule is FC(F)(F)c1ccccc1C1=CCC23C=CCCCC2CNC3=C1. The molecule has 2 unspecified atom stereocenters. The normalized spacial score (nSPS) is 29.0. The Balaban J connectivity index is 1.75. The molecule has 1 nitrogen and oxygen atoms in total. The standard InChI is InChI=1S/C20H20F3N/c21-20(22,23)17-8-4-3-7-16(17)14-9-11-19-10-5-1-2-6-15(19)13-24-18(19)12-14/h3-5,7-10,12,15,24H,1-2,6,11,13H2. The Bertz CT molecular complexity index is 741. The second kappa shape index (κ2) is 5.54. The molecule has 0 saturated carbocycles. The molecule has 126 valence electrons. The maximum atomic E-state index is 13.3. The van der Waals surface area contributed by atoms with Crippen LogP contribution in [0.2, 0.25) is 0 Å². The quantitative estimate of drug-likeness (QED) is 0.687. The Morgan fingerprint density at radius 1 is 1.17 bits per heavy atom. The van der Waals surface area contributed by atoms with Gasteiger partial charge in [-0.05, 0) is 54.9 Å². The van der Waals surface area contributed by atoms with E-state index in [1.165, 1.54) is 18.9 Å². The van der Waals surface area contributed by atoms with Crippen molar-refractivity contribution in [1.29, 1.82) is 0 Å². The molecule has 4 heteroatoms. The van der Waals surface area contributed by atoms with Crippen molar-refractivity contribution >= 4 is 5.57 Å². The first-order valence-corrected chi connectivity index (χ1v) is 8.51. The molecule has 1 saturated heterocycles. The summed E-state index contributed by atoms with van der Waals surface area (Å²) in [6.45, 7) is 0.915. The maximum Gasteiger partial charge on any atom is 0.417 e. The molecule has 1 N–H and O–H groups in total. The Labute approximate surface area is 140 Å². The Kier molecular flexibility index (Phi) is 3.59. The van der Waals surface area contributed by atoms with E-state index in [2.05, 4.69) is 17.5 Å². The van der Waals surface area contributed by atoms with Crippen molar-refractivity contribution < 1.29 is 13.2 Å². The van der Waals surface area contributed by atoms with Crippen molar-refractivity contribution in [1.82, 2.24) is 5.32 Å². The number of hydrogen-bond donors (Lipinski definition) is 1. The molecule has 24 heavy (non-hydrogen) atoms. The molecule has 4 rings (SSSR count). The van der Waals surface area contributed by atoms with Crippen LogP contribution in [0.4, 0.5) is 13.2 Å². The van der Waals surface area contributed by atoms with Crippen molar-refractivity contribution in [3.05, 3.63) is 65.4 Å². The lowest BCUT2D eigenvalue weighted by atomic mass is 9.69. The average molecular weight is 331 g/mol. The minimum Gasteiger partial charge on any atom is -0.387 e. The predicted molar refractivity (Wildman–Crippen MR) is 89.0 cm³/mol. The van der Waals surface area contributed by atoms with Gasteiger partial charge >= 0.3 is 6.18 Å². The van der Waals surface area contributed by atoms with Gasteiger partial charge in [0.1, 0.15) is 0 Å². The first kappa shape index (κ1) is 15.6. The van der Waals surface area contributed by atoms with Crippen molar-refractivity contribution in [3.63, 3.8) is 0 Å². The lowest BCUT2D eigenvalue weighted by Gasteiger charge is -2.34. The van der Waals surface area contributed by atoms with Gasteiger partial charge in [0.15, 0.2) is 0 Å². The number of benzene rings is 1. The largest absolute Gasteiger partial charge is 0.417 e. The van der Waals surface area contributed by atoms with Gasteiger partial charge in [-0.15, -0.1) is 0 Å². The number of hydrogen-bond acceptors (Lipinski definition) is 1. The minimum atomic E-state index is -4.33. The van der Waals surface area contributed by atoms with Crippen molar-refractivity contribution in [2.45, 2.75) is 31.9 Å². The van der Waals surface area contributed by atoms with Crippen LogP contribution in [-0.4, -0.2) is 6.54 Å². The fourth-order valence-electron chi connectivity index (χ4n) is 4.35. The van der Waals surface area contributed by atoms with Gasteiger partial charge < -0.3 is 5.32 Å². The third-order valence-electron chi connectivity index (χ3n) is 5.61. The summed E-state index contributed by atoms with van der Waals surface area (Å²) in [6.07, 6.45) is 8.34. The molecule has 1 spiro atoms. The van der Waals surface area contributed by atoms with E-state index in [1.807, 2.05) is 12.2 Å². The average Bonchev–Trinajstić information content (AvgIpc) is 2.79. The number of rotatable bonds is 1. The third-order valence-corrected chi connectivity index (χ3v) is 5.61. The first-order chi connectivity index (χ1) is 11.5. The van der Waals surface area contributed by atoms with E-state index in [-0.39, 0.29) is 11.0 Å². The molecule has 0 bridgehead atoms. The summed E-state index contributed by atoms with van der Waals surface area (Å²) < 4.78 is 40.0. The van der Waals surface area contributed by atoms with E-state index in [0.717, 1.165) is 31.1 Å². The van der Waals surface area contributed by atoms with Crippen LogP contribution in [0.25, 0.3) is 5.57 Å².